The van der Waals surface area contributed by atoms with Gasteiger partial charge in [-0.3, -0.25) is 9.59 Å². The maximum Gasteiger partial charge on any atom is 0.330 e. The number of rotatable bonds is 3. The normalized spacial score (nSPS) is 49.5. The van der Waals surface area contributed by atoms with Crippen LogP contribution in [0, 0.1) is 38.9 Å². The molecule has 228 valence electrons. The Morgan fingerprint density at radius 1 is 1.15 bits per heavy atom. The van der Waals surface area contributed by atoms with Gasteiger partial charge in [0, 0.05) is 24.3 Å². The van der Waals surface area contributed by atoms with Crippen LogP contribution in [-0.2, 0) is 28.6 Å². The van der Waals surface area contributed by atoms with Crippen LogP contribution in [0.5, 0.6) is 0 Å². The molecule has 0 aromatic rings. The van der Waals surface area contributed by atoms with E-state index in [1.165, 1.54) is 20.1 Å². The quantitative estimate of drug-likeness (QED) is 0.263. The number of hydrogen-bond acceptors (Lipinski definition) is 9. The summed E-state index contributed by atoms with van der Waals surface area (Å²) in [6, 6.07) is 0. The highest BCUT2D eigenvalue weighted by atomic mass is 16.6. The fourth-order valence-corrected chi connectivity index (χ4v) is 10.8. The largest absolute Gasteiger partial charge is 0.468 e. The first-order valence-electron chi connectivity index (χ1n) is 14.9. The monoisotopic (exact) mass is 574 g/mol. The zero-order valence-electron chi connectivity index (χ0n) is 25.4. The maximum atomic E-state index is 14.2. The third kappa shape index (κ3) is 3.54. The minimum Gasteiger partial charge on any atom is -0.468 e. The van der Waals surface area contributed by atoms with Gasteiger partial charge in [-0.2, -0.15) is 0 Å². The first-order chi connectivity index (χ1) is 19.0. The van der Waals surface area contributed by atoms with E-state index in [0.29, 0.717) is 38.5 Å². The van der Waals surface area contributed by atoms with Gasteiger partial charge >= 0.3 is 17.9 Å². The fourth-order valence-electron chi connectivity index (χ4n) is 10.8. The van der Waals surface area contributed by atoms with Crippen LogP contribution in [0.3, 0.4) is 0 Å². The van der Waals surface area contributed by atoms with E-state index < -0.39 is 80.7 Å². The number of aliphatic hydroxyl groups is 3. The van der Waals surface area contributed by atoms with E-state index in [4.69, 9.17) is 14.2 Å². The summed E-state index contributed by atoms with van der Waals surface area (Å²) in [7, 11) is 1.35. The molecule has 41 heavy (non-hydrogen) atoms. The molecule has 3 fully saturated rings. The molecule has 11 atom stereocenters. The van der Waals surface area contributed by atoms with Crippen molar-refractivity contribution >= 4 is 17.9 Å². The van der Waals surface area contributed by atoms with E-state index in [0.717, 1.165) is 5.57 Å². The standard InChI is InChI=1S/C32H46O9/c1-18-10-11-27(4)12-14-29(6)24-23(36)25(41-20(3)34)30(19(2)33)17-40-22(35)9-8-21(30)28(24,5)13-15-31(29,26(37)39-7)32(27,38)16-18/h8-10,19,21,23-25,33,36,38H,11-17H2,1-7H3. The second-order valence-electron chi connectivity index (χ2n) is 14.4. The van der Waals surface area contributed by atoms with Crippen molar-refractivity contribution in [3.63, 3.8) is 0 Å². The first kappa shape index (κ1) is 30.2. The maximum absolute atomic E-state index is 14.2. The zero-order valence-corrected chi connectivity index (χ0v) is 25.4. The number of methoxy groups -OCH3 is 1. The Balaban J connectivity index is 1.79. The molecule has 0 aromatic carbocycles. The topological polar surface area (TPSA) is 140 Å². The summed E-state index contributed by atoms with van der Waals surface area (Å²) in [6.45, 7) is 10.6. The molecule has 5 aliphatic rings. The van der Waals surface area contributed by atoms with Crippen LogP contribution in [0.1, 0.15) is 80.1 Å². The average Bonchev–Trinajstić information content (AvgIpc) is 3.07. The molecule has 0 spiro atoms. The van der Waals surface area contributed by atoms with Gasteiger partial charge in [0.1, 0.15) is 18.1 Å². The Kier molecular flexibility index (Phi) is 6.92. The van der Waals surface area contributed by atoms with Crippen LogP contribution in [0.15, 0.2) is 23.8 Å². The summed E-state index contributed by atoms with van der Waals surface area (Å²) >= 11 is 0. The van der Waals surface area contributed by atoms with Gasteiger partial charge < -0.3 is 29.5 Å². The zero-order chi connectivity index (χ0) is 30.4. The van der Waals surface area contributed by atoms with Crippen molar-refractivity contribution in [2.45, 2.75) is 104 Å². The molecule has 1 aliphatic heterocycles. The summed E-state index contributed by atoms with van der Waals surface area (Å²) in [5.74, 6) is -2.93. The molecule has 0 bridgehead atoms. The Labute approximate surface area is 242 Å². The molecule has 0 radical (unpaired) electrons. The number of cyclic esters (lactones) is 1. The lowest BCUT2D eigenvalue weighted by Crippen LogP contribution is -2.80. The van der Waals surface area contributed by atoms with Gasteiger partial charge in [0.05, 0.1) is 30.3 Å². The van der Waals surface area contributed by atoms with Crippen molar-refractivity contribution in [2.24, 2.45) is 38.9 Å². The molecule has 5 rings (SSSR count). The van der Waals surface area contributed by atoms with E-state index >= 15 is 0 Å². The number of allylic oxidation sites excluding steroid dienone is 2. The highest BCUT2D eigenvalue weighted by Crippen LogP contribution is 2.78. The molecule has 3 saturated carbocycles. The van der Waals surface area contributed by atoms with E-state index in [-0.39, 0.29) is 6.61 Å². The lowest BCUT2D eigenvalue weighted by molar-refractivity contribution is -0.335. The van der Waals surface area contributed by atoms with Gasteiger partial charge in [0.2, 0.25) is 0 Å². The molecule has 0 amide bonds. The van der Waals surface area contributed by atoms with Crippen molar-refractivity contribution in [3.05, 3.63) is 23.8 Å². The first-order valence-corrected chi connectivity index (χ1v) is 14.9. The van der Waals surface area contributed by atoms with Crippen LogP contribution in [0.25, 0.3) is 0 Å². The number of aliphatic hydroxyl groups excluding tert-OH is 2. The molecular weight excluding hydrogens is 528 g/mol. The third-order valence-electron chi connectivity index (χ3n) is 12.7. The molecule has 9 nitrogen and oxygen atoms in total. The molecule has 9 heteroatoms. The lowest BCUT2D eigenvalue weighted by Gasteiger charge is -2.75. The van der Waals surface area contributed by atoms with Crippen LogP contribution in [-0.4, -0.2) is 70.9 Å². The van der Waals surface area contributed by atoms with Crippen LogP contribution < -0.4 is 0 Å². The van der Waals surface area contributed by atoms with Crippen molar-refractivity contribution in [1.29, 1.82) is 0 Å². The summed E-state index contributed by atoms with van der Waals surface area (Å²) in [6.07, 6.45) is 4.30. The van der Waals surface area contributed by atoms with E-state index in [2.05, 4.69) is 6.08 Å². The Bertz CT molecular complexity index is 1210. The Morgan fingerprint density at radius 3 is 2.44 bits per heavy atom. The molecule has 11 unspecified atom stereocenters. The van der Waals surface area contributed by atoms with Crippen molar-refractivity contribution in [2.75, 3.05) is 13.7 Å². The molecule has 4 aliphatic carbocycles. The average molecular weight is 575 g/mol. The predicted octanol–water partition coefficient (Wildman–Crippen LogP) is 3.24. The highest BCUT2D eigenvalue weighted by Gasteiger charge is 2.82. The van der Waals surface area contributed by atoms with Crippen LogP contribution >= 0.6 is 0 Å². The second kappa shape index (κ2) is 9.38. The van der Waals surface area contributed by atoms with Gasteiger partial charge in [0.25, 0.3) is 0 Å². The van der Waals surface area contributed by atoms with Crippen LogP contribution in [0.4, 0.5) is 0 Å². The minimum atomic E-state index is -1.45. The third-order valence-corrected chi connectivity index (χ3v) is 12.7. The van der Waals surface area contributed by atoms with Gasteiger partial charge in [-0.25, -0.2) is 4.79 Å². The smallest absolute Gasteiger partial charge is 0.330 e. The van der Waals surface area contributed by atoms with Crippen molar-refractivity contribution in [3.8, 4) is 0 Å². The van der Waals surface area contributed by atoms with Gasteiger partial charge in [0.15, 0.2) is 0 Å². The molecule has 1 heterocycles. The van der Waals surface area contributed by atoms with E-state index in [1.54, 1.807) is 13.0 Å². The van der Waals surface area contributed by atoms with E-state index in [1.807, 2.05) is 27.7 Å². The van der Waals surface area contributed by atoms with Crippen LogP contribution in [0.2, 0.25) is 0 Å². The molecule has 3 N–H and O–H groups in total. The summed E-state index contributed by atoms with van der Waals surface area (Å²) in [5.41, 5.74) is -5.49. The number of hydrogen-bond donors (Lipinski definition) is 3. The summed E-state index contributed by atoms with van der Waals surface area (Å²) in [4.78, 5) is 39.3. The van der Waals surface area contributed by atoms with Gasteiger partial charge in [-0.1, -0.05) is 38.5 Å². The lowest BCUT2D eigenvalue weighted by atomic mass is 9.29. The number of carbonyl (C=O) groups is 3. The number of carbonyl (C=O) groups excluding carboxylic acids is 3. The van der Waals surface area contributed by atoms with Gasteiger partial charge in [-0.15, -0.1) is 0 Å². The van der Waals surface area contributed by atoms with Crippen molar-refractivity contribution < 1.29 is 43.9 Å². The molecule has 0 saturated heterocycles. The Morgan fingerprint density at radius 2 is 1.83 bits per heavy atom. The Hall–Kier alpha value is -2.23. The molecule has 0 aromatic heterocycles. The second-order valence-corrected chi connectivity index (χ2v) is 14.4. The SMILES string of the molecule is COC(=O)C12CCC3(C)C4C=CC(=O)OCC4(C(C)O)C(OC(C)=O)C(O)C3C1(C)CCC1(C)CC=C(C)CC12O. The number of esters is 3. The summed E-state index contributed by atoms with van der Waals surface area (Å²) in [5, 5.41) is 36.8. The summed E-state index contributed by atoms with van der Waals surface area (Å²) < 4.78 is 16.9. The van der Waals surface area contributed by atoms with Crippen molar-refractivity contribution in [1.82, 2.24) is 0 Å². The number of ether oxygens (including phenoxy) is 3. The van der Waals surface area contributed by atoms with Gasteiger partial charge in [-0.05, 0) is 69.1 Å². The highest BCUT2D eigenvalue weighted by molar-refractivity contribution is 5.83. The fraction of sp³-hybridized carbons (Fsp3) is 0.781. The predicted molar refractivity (Wildman–Crippen MR) is 148 cm³/mol. The number of fused-ring (bicyclic) bond motifs is 7. The molecular formula is C32H46O9. The minimum absolute atomic E-state index is 0.247. The van der Waals surface area contributed by atoms with E-state index in [9.17, 15) is 29.7 Å².